The minimum Gasteiger partial charge on any atom is -0.481 e. The van der Waals surface area contributed by atoms with Crippen molar-refractivity contribution >= 4 is 19.3 Å². The van der Waals surface area contributed by atoms with Crippen molar-refractivity contribution in [1.82, 2.24) is 0 Å². The van der Waals surface area contributed by atoms with Gasteiger partial charge in [-0.3, -0.25) is 14.2 Å². The van der Waals surface area contributed by atoms with Gasteiger partial charge in [-0.2, -0.15) is 0 Å². The second-order valence-electron chi connectivity index (χ2n) is 4.54. The van der Waals surface area contributed by atoms with Gasteiger partial charge in [-0.25, -0.2) is 0 Å². The Bertz CT molecular complexity index is 366. The van der Waals surface area contributed by atoms with Gasteiger partial charge in [0.2, 0.25) is 7.37 Å². The molecular formula is C10H17O6P. The molecule has 7 heteroatoms. The van der Waals surface area contributed by atoms with Crippen molar-refractivity contribution in [3.05, 3.63) is 0 Å². The van der Waals surface area contributed by atoms with E-state index in [1.807, 2.05) is 0 Å². The molecule has 0 spiro atoms. The fourth-order valence-electron chi connectivity index (χ4n) is 2.09. The number of carbonyl (C=O) groups is 2. The number of carboxylic acids is 2. The molecule has 4 atom stereocenters. The van der Waals surface area contributed by atoms with Gasteiger partial charge in [-0.15, -0.1) is 0 Å². The Hall–Kier alpha value is -0.870. The Morgan fingerprint density at radius 1 is 1.41 bits per heavy atom. The third kappa shape index (κ3) is 3.82. The first-order valence-corrected chi connectivity index (χ1v) is 7.58. The van der Waals surface area contributed by atoms with Gasteiger partial charge in [-0.05, 0) is 18.8 Å². The minimum absolute atomic E-state index is 0.0846. The number of rotatable bonds is 7. The van der Waals surface area contributed by atoms with E-state index in [9.17, 15) is 19.0 Å². The van der Waals surface area contributed by atoms with Crippen molar-refractivity contribution in [2.75, 3.05) is 12.3 Å². The lowest BCUT2D eigenvalue weighted by atomic mass is 10.1. The summed E-state index contributed by atoms with van der Waals surface area (Å²) in [7, 11) is -3.45. The summed E-state index contributed by atoms with van der Waals surface area (Å²) in [5.74, 6) is -4.38. The highest BCUT2D eigenvalue weighted by atomic mass is 31.2. The van der Waals surface area contributed by atoms with Gasteiger partial charge in [-0.1, -0.05) is 6.92 Å². The lowest BCUT2D eigenvalue weighted by Crippen LogP contribution is -2.23. The number of carboxylic acid groups (broad SMARTS) is 2. The van der Waals surface area contributed by atoms with Gasteiger partial charge >= 0.3 is 11.9 Å². The Morgan fingerprint density at radius 2 is 2.00 bits per heavy atom. The molecule has 1 aliphatic carbocycles. The van der Waals surface area contributed by atoms with Crippen molar-refractivity contribution in [2.45, 2.75) is 19.8 Å². The van der Waals surface area contributed by atoms with Crippen LogP contribution in [-0.4, -0.2) is 39.4 Å². The average Bonchev–Trinajstić information content (AvgIpc) is 2.93. The van der Waals surface area contributed by atoms with Crippen LogP contribution in [0.5, 0.6) is 0 Å². The zero-order valence-corrected chi connectivity index (χ0v) is 10.5. The number of aliphatic carboxylic acids is 2. The highest BCUT2D eigenvalue weighted by Crippen LogP contribution is 2.51. The predicted octanol–water partition coefficient (Wildman–Crippen LogP) is 1.09. The van der Waals surface area contributed by atoms with E-state index in [1.54, 1.807) is 6.92 Å². The molecule has 0 aromatic heterocycles. The van der Waals surface area contributed by atoms with Crippen LogP contribution in [0.2, 0.25) is 0 Å². The fraction of sp³-hybridized carbons (Fsp3) is 0.800. The number of hydrogen-bond acceptors (Lipinski definition) is 3. The van der Waals surface area contributed by atoms with Crippen LogP contribution in [0, 0.1) is 17.8 Å². The Morgan fingerprint density at radius 3 is 2.35 bits per heavy atom. The molecule has 0 amide bonds. The van der Waals surface area contributed by atoms with E-state index < -0.39 is 37.1 Å². The van der Waals surface area contributed by atoms with Crippen molar-refractivity contribution in [2.24, 2.45) is 17.8 Å². The molecule has 1 fully saturated rings. The van der Waals surface area contributed by atoms with E-state index in [4.69, 9.17) is 10.2 Å². The highest BCUT2D eigenvalue weighted by Gasteiger charge is 2.51. The Balaban J connectivity index is 2.66. The molecule has 0 aromatic carbocycles. The van der Waals surface area contributed by atoms with Gasteiger partial charge in [0.25, 0.3) is 0 Å². The summed E-state index contributed by atoms with van der Waals surface area (Å²) in [6, 6.07) is 0. The van der Waals surface area contributed by atoms with Crippen molar-refractivity contribution < 1.29 is 29.3 Å². The maximum atomic E-state index is 11.7. The van der Waals surface area contributed by atoms with E-state index in [0.29, 0.717) is 12.8 Å². The average molecular weight is 264 g/mol. The Labute approximate surface area is 99.1 Å². The third-order valence-electron chi connectivity index (χ3n) is 3.05. The van der Waals surface area contributed by atoms with Crippen LogP contribution in [0.15, 0.2) is 0 Å². The third-order valence-corrected chi connectivity index (χ3v) is 5.16. The predicted molar refractivity (Wildman–Crippen MR) is 60.2 cm³/mol. The van der Waals surface area contributed by atoms with Gasteiger partial charge in [0.1, 0.15) is 0 Å². The van der Waals surface area contributed by atoms with Crippen LogP contribution < -0.4 is 0 Å². The quantitative estimate of drug-likeness (QED) is 0.593. The minimum atomic E-state index is -3.45. The standard InChI is InChI=1S/C10H17O6P/c1-2-3-17(15,16)5-8(10(13)14)6-4-7(6)9(11)12/h6-8H,2-5H2,1H3,(H,11,12)(H,13,14)(H,15,16). The molecule has 17 heavy (non-hydrogen) atoms. The first kappa shape index (κ1) is 14.2. The molecule has 6 nitrogen and oxygen atoms in total. The van der Waals surface area contributed by atoms with Crippen molar-refractivity contribution in [3.63, 3.8) is 0 Å². The maximum absolute atomic E-state index is 11.7. The molecule has 1 aliphatic rings. The van der Waals surface area contributed by atoms with Crippen molar-refractivity contribution in [1.29, 1.82) is 0 Å². The molecule has 0 saturated heterocycles. The topological polar surface area (TPSA) is 112 Å². The van der Waals surface area contributed by atoms with Crippen LogP contribution in [0.1, 0.15) is 19.8 Å². The van der Waals surface area contributed by atoms with Crippen LogP contribution in [0.4, 0.5) is 0 Å². The summed E-state index contributed by atoms with van der Waals surface area (Å²) in [6.07, 6.45) is 0.567. The molecule has 0 aromatic rings. The summed E-state index contributed by atoms with van der Waals surface area (Å²) >= 11 is 0. The second kappa shape index (κ2) is 5.19. The monoisotopic (exact) mass is 264 g/mol. The molecule has 98 valence electrons. The molecule has 0 radical (unpaired) electrons. The van der Waals surface area contributed by atoms with E-state index in [0.717, 1.165) is 0 Å². The van der Waals surface area contributed by atoms with E-state index >= 15 is 0 Å². The van der Waals surface area contributed by atoms with E-state index in [1.165, 1.54) is 0 Å². The molecule has 1 rings (SSSR count). The molecule has 3 N–H and O–H groups in total. The van der Waals surface area contributed by atoms with Gasteiger partial charge in [0.05, 0.1) is 11.8 Å². The first-order valence-electron chi connectivity index (χ1n) is 5.55. The normalized spacial score (nSPS) is 28.1. The molecule has 1 saturated carbocycles. The SMILES string of the molecule is CCCP(=O)(O)CC(C(=O)O)C1CC1C(=O)O. The van der Waals surface area contributed by atoms with Gasteiger partial charge in [0, 0.05) is 12.3 Å². The molecule has 0 bridgehead atoms. The molecule has 4 unspecified atom stereocenters. The second-order valence-corrected chi connectivity index (χ2v) is 7.05. The molecular weight excluding hydrogens is 247 g/mol. The van der Waals surface area contributed by atoms with Crippen LogP contribution >= 0.6 is 7.37 Å². The lowest BCUT2D eigenvalue weighted by Gasteiger charge is -2.16. The van der Waals surface area contributed by atoms with E-state index in [-0.39, 0.29) is 12.3 Å². The number of hydrogen-bond donors (Lipinski definition) is 3. The smallest absolute Gasteiger partial charge is 0.307 e. The highest BCUT2D eigenvalue weighted by molar-refractivity contribution is 7.58. The van der Waals surface area contributed by atoms with Gasteiger partial charge < -0.3 is 15.1 Å². The maximum Gasteiger partial charge on any atom is 0.307 e. The van der Waals surface area contributed by atoms with E-state index in [2.05, 4.69) is 0 Å². The zero-order valence-electron chi connectivity index (χ0n) is 9.57. The van der Waals surface area contributed by atoms with Crippen LogP contribution in [-0.2, 0) is 14.2 Å². The first-order chi connectivity index (χ1) is 7.78. The lowest BCUT2D eigenvalue weighted by molar-refractivity contribution is -0.142. The largest absolute Gasteiger partial charge is 0.481 e. The summed E-state index contributed by atoms with van der Waals surface area (Å²) < 4.78 is 11.7. The molecule has 0 heterocycles. The Kier molecular flexibility index (Phi) is 4.33. The summed E-state index contributed by atoms with van der Waals surface area (Å²) in [4.78, 5) is 31.3. The van der Waals surface area contributed by atoms with Gasteiger partial charge in [0.15, 0.2) is 0 Å². The van der Waals surface area contributed by atoms with Crippen LogP contribution in [0.3, 0.4) is 0 Å². The summed E-state index contributed by atoms with van der Waals surface area (Å²) in [6.45, 7) is 1.75. The van der Waals surface area contributed by atoms with Crippen LogP contribution in [0.25, 0.3) is 0 Å². The zero-order chi connectivity index (χ0) is 13.2. The summed E-state index contributed by atoms with van der Waals surface area (Å²) in [5, 5.41) is 17.7. The summed E-state index contributed by atoms with van der Waals surface area (Å²) in [5.41, 5.74) is 0. The molecule has 0 aliphatic heterocycles. The fourth-order valence-corrected chi connectivity index (χ4v) is 4.01. The van der Waals surface area contributed by atoms with Crippen molar-refractivity contribution in [3.8, 4) is 0 Å².